The Kier molecular flexibility index (Phi) is 5.08. The molecule has 156 valence electrons. The molecule has 7 nitrogen and oxygen atoms in total. The van der Waals surface area contributed by atoms with E-state index in [0.717, 1.165) is 52.8 Å². The molecule has 0 amide bonds. The molecule has 1 aliphatic heterocycles. The van der Waals surface area contributed by atoms with Crippen molar-refractivity contribution in [1.82, 2.24) is 19.7 Å². The van der Waals surface area contributed by atoms with E-state index < -0.39 is 0 Å². The molecular weight excluding hydrogens is 392 g/mol. The molecule has 0 unspecified atom stereocenters. The predicted molar refractivity (Wildman–Crippen MR) is 117 cm³/mol. The van der Waals surface area contributed by atoms with Crippen LogP contribution < -0.4 is 4.74 Å². The summed E-state index contributed by atoms with van der Waals surface area (Å²) in [6, 6.07) is 13.6. The number of nitrogens with zero attached hydrogens (tertiary/aromatic N) is 4. The lowest BCUT2D eigenvalue weighted by Crippen LogP contribution is -2.14. The molecule has 0 atom stereocenters. The van der Waals surface area contributed by atoms with Gasteiger partial charge in [0.1, 0.15) is 11.4 Å². The van der Waals surface area contributed by atoms with Crippen molar-refractivity contribution in [2.24, 2.45) is 0 Å². The second-order valence-corrected chi connectivity index (χ2v) is 7.34. The summed E-state index contributed by atoms with van der Waals surface area (Å²) < 4.78 is 12.6. The van der Waals surface area contributed by atoms with Gasteiger partial charge < -0.3 is 9.47 Å². The quantitative estimate of drug-likeness (QED) is 0.443. The number of pyridine rings is 2. The Bertz CT molecular complexity index is 1250. The number of esters is 1. The summed E-state index contributed by atoms with van der Waals surface area (Å²) in [6.45, 7) is 2.90. The molecule has 0 N–H and O–H groups in total. The molecule has 31 heavy (non-hydrogen) atoms. The Morgan fingerprint density at radius 2 is 2.06 bits per heavy atom. The summed E-state index contributed by atoms with van der Waals surface area (Å²) in [7, 11) is 0. The van der Waals surface area contributed by atoms with E-state index in [1.807, 2.05) is 42.5 Å². The number of carbonyl (C=O) groups is 1. The van der Waals surface area contributed by atoms with Crippen molar-refractivity contribution in [1.29, 1.82) is 0 Å². The molecule has 4 heterocycles. The summed E-state index contributed by atoms with van der Waals surface area (Å²) in [4.78, 5) is 20.7. The summed E-state index contributed by atoms with van der Waals surface area (Å²) in [5.41, 5.74) is 5.97. The van der Waals surface area contributed by atoms with Crippen LogP contribution in [0.1, 0.15) is 19.0 Å². The van der Waals surface area contributed by atoms with Gasteiger partial charge in [-0.3, -0.25) is 14.6 Å². The van der Waals surface area contributed by atoms with Crippen LogP contribution in [0.5, 0.6) is 5.75 Å². The molecule has 0 spiro atoms. The lowest BCUT2D eigenvalue weighted by molar-refractivity contribution is -0.145. The highest BCUT2D eigenvalue weighted by Gasteiger charge is 2.25. The van der Waals surface area contributed by atoms with Crippen LogP contribution in [-0.4, -0.2) is 38.9 Å². The Morgan fingerprint density at radius 1 is 1.13 bits per heavy atom. The minimum Gasteiger partial charge on any atom is -0.482 e. The molecule has 0 saturated heterocycles. The predicted octanol–water partition coefficient (Wildman–Crippen LogP) is 4.05. The van der Waals surface area contributed by atoms with E-state index in [2.05, 4.69) is 14.6 Å². The van der Waals surface area contributed by atoms with Gasteiger partial charge in [0, 0.05) is 41.6 Å². The van der Waals surface area contributed by atoms with E-state index in [4.69, 9.17) is 14.6 Å². The van der Waals surface area contributed by atoms with Crippen molar-refractivity contribution < 1.29 is 14.3 Å². The highest BCUT2D eigenvalue weighted by molar-refractivity contribution is 5.99. The first kappa shape index (κ1) is 19.2. The molecular formula is C24H22N4O3. The number of aryl methyl sites for hydroxylation is 1. The van der Waals surface area contributed by atoms with Crippen molar-refractivity contribution in [2.75, 3.05) is 13.2 Å². The molecule has 1 aromatic carbocycles. The highest BCUT2D eigenvalue weighted by atomic mass is 16.6. The molecule has 1 aliphatic rings. The molecule has 0 fully saturated rings. The fraction of sp³-hybridized carbons (Fsp3) is 0.250. The SMILES string of the molecule is CCOC(=O)COc1ccc2c(-c3c(-c4ccccn4)nn4c3CCC4)ccnc2c1. The van der Waals surface area contributed by atoms with Crippen LogP contribution in [-0.2, 0) is 22.5 Å². The summed E-state index contributed by atoms with van der Waals surface area (Å²) >= 11 is 0. The standard InChI is InChI=1S/C24H22N4O3/c1-2-30-22(29)15-31-16-8-9-17-18(10-12-26-20(17)14-16)23-21-7-5-13-28(21)27-24(23)19-6-3-4-11-25-19/h3-4,6,8-12,14H,2,5,7,13,15H2,1H3. The van der Waals surface area contributed by atoms with E-state index in [1.165, 1.54) is 5.69 Å². The van der Waals surface area contributed by atoms with Gasteiger partial charge in [0.2, 0.25) is 0 Å². The third kappa shape index (κ3) is 3.63. The number of carbonyl (C=O) groups excluding carboxylic acids is 1. The van der Waals surface area contributed by atoms with Crippen LogP contribution in [0.4, 0.5) is 0 Å². The van der Waals surface area contributed by atoms with Gasteiger partial charge in [0.25, 0.3) is 0 Å². The maximum Gasteiger partial charge on any atom is 0.344 e. The lowest BCUT2D eigenvalue weighted by atomic mass is 9.96. The van der Waals surface area contributed by atoms with Crippen molar-refractivity contribution >= 4 is 16.9 Å². The maximum atomic E-state index is 11.6. The number of fused-ring (bicyclic) bond motifs is 2. The average molecular weight is 414 g/mol. The highest BCUT2D eigenvalue weighted by Crippen LogP contribution is 2.40. The van der Waals surface area contributed by atoms with E-state index in [-0.39, 0.29) is 12.6 Å². The van der Waals surface area contributed by atoms with Crippen LogP contribution in [0.3, 0.4) is 0 Å². The van der Waals surface area contributed by atoms with E-state index >= 15 is 0 Å². The molecule has 0 saturated carbocycles. The molecule has 0 radical (unpaired) electrons. The van der Waals surface area contributed by atoms with Gasteiger partial charge in [0.15, 0.2) is 6.61 Å². The Hall–Kier alpha value is -3.74. The van der Waals surface area contributed by atoms with Crippen LogP contribution in [0, 0.1) is 0 Å². The summed E-state index contributed by atoms with van der Waals surface area (Å²) in [5, 5.41) is 5.89. The Morgan fingerprint density at radius 3 is 2.90 bits per heavy atom. The molecule has 3 aromatic heterocycles. The Labute approximate surface area is 179 Å². The molecule has 0 aliphatic carbocycles. The van der Waals surface area contributed by atoms with Crippen LogP contribution in [0.25, 0.3) is 33.4 Å². The van der Waals surface area contributed by atoms with Crippen molar-refractivity contribution in [3.05, 3.63) is 60.6 Å². The number of hydrogen-bond acceptors (Lipinski definition) is 6. The smallest absolute Gasteiger partial charge is 0.344 e. The van der Waals surface area contributed by atoms with Gasteiger partial charge >= 0.3 is 5.97 Å². The number of rotatable bonds is 6. The second-order valence-electron chi connectivity index (χ2n) is 7.34. The Balaban J connectivity index is 1.58. The first-order chi connectivity index (χ1) is 15.2. The number of ether oxygens (including phenoxy) is 2. The number of hydrogen-bond donors (Lipinski definition) is 0. The van der Waals surface area contributed by atoms with Gasteiger partial charge in [-0.1, -0.05) is 6.07 Å². The second kappa shape index (κ2) is 8.18. The normalized spacial score (nSPS) is 12.7. The van der Waals surface area contributed by atoms with Gasteiger partial charge in [-0.2, -0.15) is 5.10 Å². The fourth-order valence-electron chi connectivity index (χ4n) is 4.08. The first-order valence-corrected chi connectivity index (χ1v) is 10.4. The molecule has 7 heteroatoms. The largest absolute Gasteiger partial charge is 0.482 e. The lowest BCUT2D eigenvalue weighted by Gasteiger charge is -2.11. The average Bonchev–Trinajstić information content (AvgIpc) is 3.39. The number of benzene rings is 1. The fourth-order valence-corrected chi connectivity index (χ4v) is 4.08. The van der Waals surface area contributed by atoms with Gasteiger partial charge in [-0.25, -0.2) is 4.79 Å². The minimum atomic E-state index is -0.389. The number of aromatic nitrogens is 4. The molecule has 0 bridgehead atoms. The van der Waals surface area contributed by atoms with Gasteiger partial charge in [-0.05, 0) is 55.7 Å². The zero-order valence-electron chi connectivity index (χ0n) is 17.2. The van der Waals surface area contributed by atoms with Crippen molar-refractivity contribution in [2.45, 2.75) is 26.3 Å². The summed E-state index contributed by atoms with van der Waals surface area (Å²) in [6.07, 6.45) is 5.67. The zero-order chi connectivity index (χ0) is 21.2. The van der Waals surface area contributed by atoms with Crippen LogP contribution in [0.15, 0.2) is 54.9 Å². The van der Waals surface area contributed by atoms with Gasteiger partial charge in [0.05, 0.1) is 17.8 Å². The van der Waals surface area contributed by atoms with Crippen molar-refractivity contribution in [3.63, 3.8) is 0 Å². The van der Waals surface area contributed by atoms with Crippen LogP contribution >= 0.6 is 0 Å². The molecule has 4 aromatic rings. The van der Waals surface area contributed by atoms with E-state index in [1.54, 1.807) is 19.3 Å². The van der Waals surface area contributed by atoms with Crippen LogP contribution in [0.2, 0.25) is 0 Å². The monoisotopic (exact) mass is 414 g/mol. The maximum absolute atomic E-state index is 11.6. The zero-order valence-corrected chi connectivity index (χ0v) is 17.2. The van der Waals surface area contributed by atoms with E-state index in [0.29, 0.717) is 12.4 Å². The topological polar surface area (TPSA) is 79.1 Å². The summed E-state index contributed by atoms with van der Waals surface area (Å²) in [5.74, 6) is 0.190. The molecule has 5 rings (SSSR count). The third-order valence-corrected chi connectivity index (χ3v) is 5.39. The van der Waals surface area contributed by atoms with E-state index in [9.17, 15) is 4.79 Å². The first-order valence-electron chi connectivity index (χ1n) is 10.4. The minimum absolute atomic E-state index is 0.125. The van der Waals surface area contributed by atoms with Gasteiger partial charge in [-0.15, -0.1) is 0 Å². The van der Waals surface area contributed by atoms with Crippen molar-refractivity contribution in [3.8, 4) is 28.3 Å². The third-order valence-electron chi connectivity index (χ3n) is 5.39.